The lowest BCUT2D eigenvalue weighted by molar-refractivity contribution is 0.597. The van der Waals surface area contributed by atoms with Gasteiger partial charge in [-0.05, 0) is 49.4 Å². The van der Waals surface area contributed by atoms with Gasteiger partial charge in [-0.3, -0.25) is 4.98 Å². The van der Waals surface area contributed by atoms with Crippen LogP contribution in [0.4, 0.5) is 10.3 Å². The Morgan fingerprint density at radius 1 is 1.06 bits per heavy atom. The number of aromatic nitrogens is 6. The van der Waals surface area contributed by atoms with E-state index in [0.717, 1.165) is 30.5 Å². The van der Waals surface area contributed by atoms with Gasteiger partial charge in [0.2, 0.25) is 5.95 Å². The second-order valence-electron chi connectivity index (χ2n) is 8.46. The molecule has 7 nitrogen and oxygen atoms in total. The van der Waals surface area contributed by atoms with Gasteiger partial charge in [0.25, 0.3) is 0 Å². The number of aromatic amines is 1. The van der Waals surface area contributed by atoms with Crippen LogP contribution in [0.2, 0.25) is 0 Å². The van der Waals surface area contributed by atoms with Crippen LogP contribution in [0, 0.1) is 12.7 Å². The van der Waals surface area contributed by atoms with Gasteiger partial charge in [-0.15, -0.1) is 0 Å². The molecule has 1 aromatic carbocycles. The number of pyridine rings is 1. The van der Waals surface area contributed by atoms with Crippen molar-refractivity contribution in [2.24, 2.45) is 0 Å². The predicted molar refractivity (Wildman–Crippen MR) is 124 cm³/mol. The molecule has 6 rings (SSSR count). The first kappa shape index (κ1) is 19.6. The fourth-order valence-electron chi connectivity index (χ4n) is 4.45. The van der Waals surface area contributed by atoms with Crippen LogP contribution in [0.5, 0.6) is 0 Å². The highest BCUT2D eigenvalue weighted by Crippen LogP contribution is 2.29. The molecule has 5 aromatic rings. The van der Waals surface area contributed by atoms with Crippen LogP contribution in [0.1, 0.15) is 23.2 Å². The Labute approximate surface area is 189 Å². The fourth-order valence-corrected chi connectivity index (χ4v) is 4.45. The minimum absolute atomic E-state index is 0.193. The molecule has 33 heavy (non-hydrogen) atoms. The number of anilines is 1. The average Bonchev–Trinajstić information content (AvgIpc) is 3.43. The molecule has 0 saturated carbocycles. The Morgan fingerprint density at radius 2 is 1.94 bits per heavy atom. The molecule has 1 atom stereocenters. The maximum atomic E-state index is 13.8. The first-order valence-electron chi connectivity index (χ1n) is 11.0. The van der Waals surface area contributed by atoms with Crippen molar-refractivity contribution < 1.29 is 4.39 Å². The number of hydrogen-bond acceptors (Lipinski definition) is 5. The highest BCUT2D eigenvalue weighted by atomic mass is 19.1. The zero-order valence-corrected chi connectivity index (χ0v) is 18.1. The zero-order valence-electron chi connectivity index (χ0n) is 18.1. The topological polar surface area (TPSA) is 83.8 Å². The molecule has 0 aliphatic heterocycles. The smallest absolute Gasteiger partial charge is 0.228 e. The van der Waals surface area contributed by atoms with Crippen molar-refractivity contribution in [1.82, 2.24) is 29.5 Å². The van der Waals surface area contributed by atoms with E-state index in [-0.39, 0.29) is 6.04 Å². The Hall–Kier alpha value is -4.07. The summed E-state index contributed by atoms with van der Waals surface area (Å²) in [4.78, 5) is 16.8. The van der Waals surface area contributed by atoms with Crippen molar-refractivity contribution in [3.05, 3.63) is 83.7 Å². The lowest BCUT2D eigenvalue weighted by atomic mass is 9.93. The molecule has 2 N–H and O–H groups in total. The van der Waals surface area contributed by atoms with Gasteiger partial charge in [0.05, 0.1) is 12.4 Å². The van der Waals surface area contributed by atoms with Crippen LogP contribution < -0.4 is 5.32 Å². The number of benzene rings is 1. The summed E-state index contributed by atoms with van der Waals surface area (Å²) in [6.45, 7) is 1.95. The highest BCUT2D eigenvalue weighted by molar-refractivity contribution is 5.63. The minimum atomic E-state index is -0.419. The summed E-state index contributed by atoms with van der Waals surface area (Å²) in [5.74, 6) is 0.599. The molecule has 0 amide bonds. The number of nitrogens with zero attached hydrogens (tertiary/aromatic N) is 5. The SMILES string of the molecule is Cc1cnn2c(N[C@H]3CCc4[nH]c(-c5ccccc5)cc4C3)nc(-c3cncc(F)c3)nc12. The molecular weight excluding hydrogens is 417 g/mol. The number of nitrogens with one attached hydrogen (secondary N) is 2. The third-order valence-corrected chi connectivity index (χ3v) is 6.13. The molecule has 0 unspecified atom stereocenters. The molecule has 4 aromatic heterocycles. The van der Waals surface area contributed by atoms with Gasteiger partial charge in [-0.25, -0.2) is 9.37 Å². The van der Waals surface area contributed by atoms with Crippen LogP contribution in [0.15, 0.2) is 61.1 Å². The van der Waals surface area contributed by atoms with Crippen molar-refractivity contribution in [2.75, 3.05) is 5.32 Å². The van der Waals surface area contributed by atoms with E-state index < -0.39 is 5.82 Å². The molecule has 0 fully saturated rings. The largest absolute Gasteiger partial charge is 0.358 e. The van der Waals surface area contributed by atoms with Gasteiger partial charge in [-0.2, -0.15) is 14.6 Å². The molecule has 0 saturated heterocycles. The van der Waals surface area contributed by atoms with E-state index in [1.807, 2.05) is 13.0 Å². The van der Waals surface area contributed by atoms with E-state index in [2.05, 4.69) is 55.7 Å². The summed E-state index contributed by atoms with van der Waals surface area (Å²) in [6, 6.07) is 14.2. The minimum Gasteiger partial charge on any atom is -0.358 e. The molecule has 1 aliphatic rings. The van der Waals surface area contributed by atoms with Crippen LogP contribution in [0.3, 0.4) is 0 Å². The van der Waals surface area contributed by atoms with Crippen LogP contribution in [0.25, 0.3) is 28.3 Å². The number of hydrogen-bond donors (Lipinski definition) is 2. The van der Waals surface area contributed by atoms with Crippen LogP contribution in [-0.2, 0) is 12.8 Å². The second kappa shape index (κ2) is 7.81. The molecule has 0 spiro atoms. The molecular formula is C25H22FN7. The molecule has 164 valence electrons. The number of halogens is 1. The summed E-state index contributed by atoms with van der Waals surface area (Å²) in [5.41, 5.74) is 7.09. The van der Waals surface area contributed by atoms with Crippen molar-refractivity contribution >= 4 is 11.6 Å². The Bertz CT molecular complexity index is 1450. The lowest BCUT2D eigenvalue weighted by Crippen LogP contribution is -2.28. The standard InChI is InChI=1S/C25H22FN7/c1-15-12-28-33-24(15)31-23(18-9-19(26)14-27-13-18)32-25(33)29-20-7-8-21-17(10-20)11-22(30-21)16-5-3-2-4-6-16/h2-6,9,11-14,20,30H,7-8,10H2,1H3,(H,29,31,32)/t20-/m0/s1. The summed E-state index contributed by atoms with van der Waals surface area (Å²) in [5, 5.41) is 8.03. The maximum Gasteiger partial charge on any atom is 0.228 e. The molecule has 0 bridgehead atoms. The fraction of sp³-hybridized carbons (Fsp3) is 0.200. The van der Waals surface area contributed by atoms with Crippen LogP contribution >= 0.6 is 0 Å². The molecule has 8 heteroatoms. The molecule has 4 heterocycles. The summed E-state index contributed by atoms with van der Waals surface area (Å²) in [7, 11) is 0. The quantitative estimate of drug-likeness (QED) is 0.428. The van der Waals surface area contributed by atoms with E-state index in [0.29, 0.717) is 23.0 Å². The Balaban J connectivity index is 1.32. The first-order valence-corrected chi connectivity index (χ1v) is 11.0. The molecule has 1 aliphatic carbocycles. The van der Waals surface area contributed by atoms with Gasteiger partial charge in [0.15, 0.2) is 11.5 Å². The zero-order chi connectivity index (χ0) is 22.4. The summed E-state index contributed by atoms with van der Waals surface area (Å²) in [6.07, 6.45) is 7.30. The third-order valence-electron chi connectivity index (χ3n) is 6.13. The second-order valence-corrected chi connectivity index (χ2v) is 8.46. The molecule has 0 radical (unpaired) electrons. The lowest BCUT2D eigenvalue weighted by Gasteiger charge is -2.24. The van der Waals surface area contributed by atoms with Crippen molar-refractivity contribution in [3.63, 3.8) is 0 Å². The number of H-pyrrole nitrogens is 1. The highest BCUT2D eigenvalue weighted by Gasteiger charge is 2.23. The summed E-state index contributed by atoms with van der Waals surface area (Å²) < 4.78 is 15.5. The van der Waals surface area contributed by atoms with Gasteiger partial charge in [0, 0.05) is 34.8 Å². The Kier molecular flexibility index (Phi) is 4.64. The third kappa shape index (κ3) is 3.63. The van der Waals surface area contributed by atoms with E-state index in [1.165, 1.54) is 29.1 Å². The monoisotopic (exact) mass is 439 g/mol. The average molecular weight is 439 g/mol. The van der Waals surface area contributed by atoms with Gasteiger partial charge < -0.3 is 10.3 Å². The van der Waals surface area contributed by atoms with Crippen LogP contribution in [-0.4, -0.2) is 35.6 Å². The van der Waals surface area contributed by atoms with Crippen molar-refractivity contribution in [3.8, 4) is 22.6 Å². The van der Waals surface area contributed by atoms with Crippen molar-refractivity contribution in [1.29, 1.82) is 0 Å². The first-order chi connectivity index (χ1) is 16.1. The van der Waals surface area contributed by atoms with E-state index in [9.17, 15) is 4.39 Å². The normalized spacial score (nSPS) is 15.5. The van der Waals surface area contributed by atoms with E-state index in [4.69, 9.17) is 4.98 Å². The van der Waals surface area contributed by atoms with Crippen molar-refractivity contribution in [2.45, 2.75) is 32.2 Å². The van der Waals surface area contributed by atoms with Gasteiger partial charge in [0.1, 0.15) is 5.82 Å². The predicted octanol–water partition coefficient (Wildman–Crippen LogP) is 4.60. The maximum absolute atomic E-state index is 13.8. The van der Waals surface area contributed by atoms with E-state index in [1.54, 1.807) is 16.9 Å². The number of aryl methyl sites for hydroxylation is 2. The van der Waals surface area contributed by atoms with E-state index >= 15 is 0 Å². The summed E-state index contributed by atoms with van der Waals surface area (Å²) >= 11 is 0. The number of rotatable bonds is 4. The number of fused-ring (bicyclic) bond motifs is 2. The Morgan fingerprint density at radius 3 is 2.79 bits per heavy atom. The van der Waals surface area contributed by atoms with Gasteiger partial charge >= 0.3 is 0 Å². The van der Waals surface area contributed by atoms with Gasteiger partial charge in [-0.1, -0.05) is 30.3 Å².